The summed E-state index contributed by atoms with van der Waals surface area (Å²) in [5.41, 5.74) is 0. The second kappa shape index (κ2) is 77.5. The molecule has 1 aliphatic carbocycles. The fourth-order valence-corrected chi connectivity index (χ4v) is 6.81. The van der Waals surface area contributed by atoms with E-state index in [-0.39, 0.29) is 5.48 Å². The maximum atomic E-state index is 9.15. The summed E-state index contributed by atoms with van der Waals surface area (Å²) in [5, 5.41) is 496. The molecule has 1 rings (SSSR count). The molecule has 0 spiro atoms. The Kier molecular flexibility index (Phi) is 89.7. The van der Waals surface area contributed by atoms with E-state index in [2.05, 4.69) is 0 Å². The van der Waals surface area contributed by atoms with E-state index in [1.807, 2.05) is 0 Å². The van der Waals surface area contributed by atoms with Gasteiger partial charge in [-0.1, -0.05) is 0 Å². The highest BCUT2D eigenvalue weighted by Crippen LogP contribution is 2.21. The monoisotopic (exact) mass is 1760 g/mol. The van der Waals surface area contributed by atoms with Gasteiger partial charge in [0.25, 0.3) is 0 Å². The SMILES string of the molecule is C[C@H](O)[C@@H](O)[C@@H](O)[C@H](O)CO.O.OC1C(O)C(O)C(O)C(O)C1O.OCC(O)C(O)C(O)C(O)CO.OCC(O)C(O)C(O)C(O)CO.OC[C@@H](O)C(O)[C@@H](O)CO.OC[C@@H](O)C(O)[C@@H](O)CO.OC[C@@H](O)C(O)[C@H](O)CO.OC[C@@H](O)[C@@H](O)C(O)[C@H](O)[C@H](O)CO.OC[C@@H](O)[C@H](O)[C@@H](O)[C@H](O)CO.OC[C@@H](O)[C@H](O)[C@H](O)[C@@H](O)CO. The van der Waals surface area contributed by atoms with E-state index in [4.69, 9.17) is 291 Å². The summed E-state index contributed by atoms with van der Waals surface area (Å²) in [4.78, 5) is 0. The van der Waals surface area contributed by atoms with Crippen molar-refractivity contribution in [3.8, 4) is 0 Å². The average Bonchev–Trinajstić information content (AvgIpc) is 0.808. The summed E-state index contributed by atoms with van der Waals surface area (Å²) in [6.07, 6.45) is -62.5. The molecule has 1 fully saturated rings. The molecule has 0 aliphatic heterocycles. The molecule has 0 amide bonds. The van der Waals surface area contributed by atoms with Crippen LogP contribution in [0.25, 0.3) is 0 Å². The number of hydrogen-bond acceptors (Lipinski definition) is 57. The van der Waals surface area contributed by atoms with Gasteiger partial charge in [-0.25, -0.2) is 0 Å². The maximum Gasteiger partial charge on any atom is 0.111 e. The average molecular weight is 1760 g/mol. The second-order valence-electron chi connectivity index (χ2n) is 24.3. The lowest BCUT2D eigenvalue weighted by Crippen LogP contribution is -2.63. The molecule has 0 aromatic carbocycles. The lowest BCUT2D eigenvalue weighted by Gasteiger charge is -2.39. The molecule has 1 aliphatic rings. The summed E-state index contributed by atoms with van der Waals surface area (Å²) in [6, 6.07) is 0. The van der Waals surface area contributed by atoms with Crippen LogP contribution in [0.15, 0.2) is 0 Å². The van der Waals surface area contributed by atoms with Crippen LogP contribution in [0.4, 0.5) is 0 Å². The van der Waals surface area contributed by atoms with Gasteiger partial charge in [-0.3, -0.25) is 0 Å². The molecule has 116 heavy (non-hydrogen) atoms. The standard InChI is InChI=1S/C7H16O7.C6H12O6.4C6H14O6.C6H14O5.3C5H12O5.H2O/c8-1-3(10)5(12)7(14)6(13)4(11)2-9;7-1-2(8)4(10)6(12)5(11)3(1)9;4*7-1-3(9)5(11)6(12)4(10)2-8;1-3(8)5(10)6(11)4(9)2-7;3*6-1-3(8)5(10)4(9)2-7;/h3-14H,1-2H2;1-12H;4*3-12H,1-2H2;3-11H,2H2,1H3;3*3-10H,1-2H2;1H2/t3-,4-,5-,6-;;3-,4+,5+,6-;3-,4-,5+,6+;;;3-,4+,5+,6-;2*3-,4+,5?;3-,4-;/m1..1..0..1./s1. The van der Waals surface area contributed by atoms with E-state index in [9.17, 15) is 0 Å². The van der Waals surface area contributed by atoms with Crippen molar-refractivity contribution >= 4 is 0 Å². The fourth-order valence-electron chi connectivity index (χ4n) is 6.81. The Labute approximate surface area is 658 Å². The lowest BCUT2D eigenvalue weighted by molar-refractivity contribution is -0.223. The summed E-state index contributed by atoms with van der Waals surface area (Å²) in [5.74, 6) is 0. The Hall–Kier alpha value is -2.32. The lowest BCUT2D eigenvalue weighted by atomic mass is 9.85. The molecule has 58 nitrogen and oxygen atoms in total. The molecule has 10 unspecified atom stereocenters. The molecule has 0 bridgehead atoms. The van der Waals surface area contributed by atoms with Gasteiger partial charge in [0.15, 0.2) is 0 Å². The Bertz CT molecular complexity index is 1710. The number of hydrogen-bond donors (Lipinski definition) is 57. The van der Waals surface area contributed by atoms with Crippen molar-refractivity contribution in [1.82, 2.24) is 0 Å². The van der Waals surface area contributed by atoms with Crippen LogP contribution in [0.3, 0.4) is 0 Å². The topological polar surface area (TPSA) is 1180 Å². The molecule has 0 saturated heterocycles. The molecule has 0 radical (unpaired) electrons. The predicted octanol–water partition coefficient (Wildman–Crippen LogP) is -34.6. The summed E-state index contributed by atoms with van der Waals surface area (Å²) >= 11 is 0. The summed E-state index contributed by atoms with van der Waals surface area (Å²) < 4.78 is 0. The van der Waals surface area contributed by atoms with Crippen molar-refractivity contribution in [2.75, 3.05) is 112 Å². The smallest absolute Gasteiger partial charge is 0.111 e. The molecule has 0 aromatic rings. The fraction of sp³-hybridized carbons (Fsp3) is 1.00. The van der Waals surface area contributed by atoms with Gasteiger partial charge in [-0.05, 0) is 6.92 Å². The molecule has 0 aromatic heterocycles. The zero-order valence-corrected chi connectivity index (χ0v) is 62.1. The Morgan fingerprint density at radius 1 is 0.129 bits per heavy atom. The third-order valence-corrected chi connectivity index (χ3v) is 14.9. The van der Waals surface area contributed by atoms with E-state index >= 15 is 0 Å². The van der Waals surface area contributed by atoms with Gasteiger partial charge in [0.1, 0.15) is 238 Å². The van der Waals surface area contributed by atoms with Gasteiger partial charge in [0.05, 0.1) is 118 Å². The van der Waals surface area contributed by atoms with Crippen molar-refractivity contribution in [1.29, 1.82) is 0 Å². The largest absolute Gasteiger partial charge is 0.412 e. The predicted molar refractivity (Wildman–Crippen MR) is 370 cm³/mol. The number of aliphatic hydroxyl groups is 57. The van der Waals surface area contributed by atoms with Gasteiger partial charge in [0.2, 0.25) is 0 Å². The first-order valence-electron chi connectivity index (χ1n) is 33.6. The van der Waals surface area contributed by atoms with Crippen molar-refractivity contribution in [2.24, 2.45) is 0 Å². The minimum absolute atomic E-state index is 0. The minimum atomic E-state index is -1.85. The van der Waals surface area contributed by atoms with Crippen LogP contribution < -0.4 is 0 Å². The van der Waals surface area contributed by atoms with Crippen LogP contribution >= 0.6 is 0 Å². The van der Waals surface area contributed by atoms with Crippen LogP contribution in [0.1, 0.15) is 6.92 Å². The van der Waals surface area contributed by atoms with E-state index < -0.39 is 356 Å². The quantitative estimate of drug-likeness (QED) is 0.0270. The first-order chi connectivity index (χ1) is 53.0. The van der Waals surface area contributed by atoms with Crippen molar-refractivity contribution in [3.05, 3.63) is 0 Å². The minimum Gasteiger partial charge on any atom is -0.412 e. The first kappa shape index (κ1) is 134. The zero-order chi connectivity index (χ0) is 93.1. The van der Waals surface area contributed by atoms with Crippen molar-refractivity contribution in [2.45, 2.75) is 251 Å². The maximum absolute atomic E-state index is 9.15. The van der Waals surface area contributed by atoms with Gasteiger partial charge in [-0.2, -0.15) is 0 Å². The summed E-state index contributed by atoms with van der Waals surface area (Å²) in [6.45, 7) is -10.6. The Morgan fingerprint density at radius 2 is 0.198 bits per heavy atom. The molecule has 59 N–H and O–H groups in total. The molecular formula is C58H136O58. The van der Waals surface area contributed by atoms with E-state index in [0.717, 1.165) is 0 Å². The van der Waals surface area contributed by atoms with Crippen LogP contribution in [-0.4, -0.2) is 653 Å². The van der Waals surface area contributed by atoms with Gasteiger partial charge in [-0.15, -0.1) is 0 Å². The second-order valence-corrected chi connectivity index (χ2v) is 24.3. The molecule has 0 heterocycles. The van der Waals surface area contributed by atoms with Gasteiger partial charge < -0.3 is 297 Å². The Balaban J connectivity index is -0.000000135. The number of rotatable bonds is 42. The molecule has 1 saturated carbocycles. The van der Waals surface area contributed by atoms with Crippen molar-refractivity contribution < 1.29 is 297 Å². The highest BCUT2D eigenvalue weighted by atomic mass is 16.5. The van der Waals surface area contributed by atoms with Crippen molar-refractivity contribution in [3.63, 3.8) is 0 Å². The number of aliphatic hydroxyl groups excluding tert-OH is 57. The normalized spacial score (nSPS) is 24.2. The Morgan fingerprint density at radius 3 is 0.276 bits per heavy atom. The third-order valence-electron chi connectivity index (χ3n) is 14.9. The molecule has 32 atom stereocenters. The molecule has 58 heteroatoms. The highest BCUT2D eigenvalue weighted by molar-refractivity contribution is 4.98. The van der Waals surface area contributed by atoms with Crippen LogP contribution in [0.2, 0.25) is 0 Å². The van der Waals surface area contributed by atoms with Gasteiger partial charge >= 0.3 is 0 Å². The van der Waals surface area contributed by atoms with E-state index in [0.29, 0.717) is 0 Å². The van der Waals surface area contributed by atoms with Crippen LogP contribution in [0.5, 0.6) is 0 Å². The third kappa shape index (κ3) is 56.4. The molecular weight excluding hydrogens is 1620 g/mol. The summed E-state index contributed by atoms with van der Waals surface area (Å²) in [7, 11) is 0. The first-order valence-corrected chi connectivity index (χ1v) is 33.6. The van der Waals surface area contributed by atoms with Crippen LogP contribution in [0, 0.1) is 0 Å². The molecule has 716 valence electrons. The van der Waals surface area contributed by atoms with Crippen LogP contribution in [-0.2, 0) is 0 Å². The van der Waals surface area contributed by atoms with E-state index in [1.165, 1.54) is 6.92 Å². The highest BCUT2D eigenvalue weighted by Gasteiger charge is 2.47. The van der Waals surface area contributed by atoms with Gasteiger partial charge in [0, 0.05) is 0 Å². The zero-order valence-electron chi connectivity index (χ0n) is 62.1. The van der Waals surface area contributed by atoms with E-state index in [1.54, 1.807) is 0 Å².